The summed E-state index contributed by atoms with van der Waals surface area (Å²) in [6.45, 7) is 0. The highest BCUT2D eigenvalue weighted by atomic mass is 19.4. The van der Waals surface area contributed by atoms with Crippen LogP contribution in [0, 0.1) is 10.1 Å². The van der Waals surface area contributed by atoms with Crippen molar-refractivity contribution in [3.05, 3.63) is 69.8 Å². The summed E-state index contributed by atoms with van der Waals surface area (Å²) in [5.74, 6) is -0.275. The maximum atomic E-state index is 12.3. The van der Waals surface area contributed by atoms with Crippen LogP contribution >= 0.6 is 0 Å². The molecular weight excluding hydrogens is 287 g/mol. The fraction of sp³-hybridized carbons (Fsp3) is 0.143. The fourth-order valence-electron chi connectivity index (χ4n) is 1.83. The molecule has 0 atom stereocenters. The van der Waals surface area contributed by atoms with Gasteiger partial charge in [-0.25, -0.2) is 0 Å². The summed E-state index contributed by atoms with van der Waals surface area (Å²) in [5, 5.41) is 10.5. The van der Waals surface area contributed by atoms with E-state index in [1.807, 2.05) is 0 Å². The first-order valence-corrected chi connectivity index (χ1v) is 5.92. The normalized spacial score (nSPS) is 11.2. The van der Waals surface area contributed by atoms with Crippen molar-refractivity contribution < 1.29 is 22.8 Å². The van der Waals surface area contributed by atoms with Gasteiger partial charge in [0.05, 0.1) is 4.92 Å². The van der Waals surface area contributed by atoms with Crippen molar-refractivity contribution >= 4 is 5.69 Å². The molecule has 0 unspecified atom stereocenters. The van der Waals surface area contributed by atoms with E-state index in [2.05, 4.69) is 4.74 Å². The van der Waals surface area contributed by atoms with Crippen LogP contribution < -0.4 is 4.74 Å². The summed E-state index contributed by atoms with van der Waals surface area (Å²) >= 11 is 0. The number of halogens is 3. The second-order valence-corrected chi connectivity index (χ2v) is 4.26. The summed E-state index contributed by atoms with van der Waals surface area (Å²) in [7, 11) is 0. The first kappa shape index (κ1) is 14.8. The van der Waals surface area contributed by atoms with Crippen LogP contribution in [0.1, 0.15) is 11.1 Å². The average molecular weight is 297 g/mol. The van der Waals surface area contributed by atoms with Gasteiger partial charge in [-0.15, -0.1) is 13.2 Å². The Morgan fingerprint density at radius 1 is 1.05 bits per heavy atom. The monoisotopic (exact) mass is 297 g/mol. The lowest BCUT2D eigenvalue weighted by atomic mass is 10.0. The van der Waals surface area contributed by atoms with Crippen LogP contribution in [0.15, 0.2) is 48.5 Å². The number of rotatable bonds is 4. The summed E-state index contributed by atoms with van der Waals surface area (Å²) in [5.41, 5.74) is 0.932. The van der Waals surface area contributed by atoms with Gasteiger partial charge in [-0.1, -0.05) is 30.3 Å². The minimum atomic E-state index is -4.76. The quantitative estimate of drug-likeness (QED) is 0.631. The van der Waals surface area contributed by atoms with Gasteiger partial charge in [-0.2, -0.15) is 0 Å². The first-order chi connectivity index (χ1) is 9.85. The lowest BCUT2D eigenvalue weighted by molar-refractivity contribution is -0.384. The van der Waals surface area contributed by atoms with Crippen molar-refractivity contribution in [1.29, 1.82) is 0 Å². The standard InChI is InChI=1S/C14H10F3NO3/c15-14(16,17)21-13-4-2-1-3-11(13)9-10-5-7-12(8-6-10)18(19)20/h1-8H,9H2. The highest BCUT2D eigenvalue weighted by Gasteiger charge is 2.31. The third kappa shape index (κ3) is 4.20. The highest BCUT2D eigenvalue weighted by Crippen LogP contribution is 2.28. The molecule has 2 aromatic rings. The van der Waals surface area contributed by atoms with Crippen LogP contribution in [0.25, 0.3) is 0 Å². The molecule has 0 amide bonds. The Balaban J connectivity index is 2.21. The number of para-hydroxylation sites is 1. The van der Waals surface area contributed by atoms with Crippen molar-refractivity contribution in [2.75, 3.05) is 0 Å². The molecule has 0 heterocycles. The molecule has 2 rings (SSSR count). The number of hydrogen-bond acceptors (Lipinski definition) is 3. The zero-order valence-corrected chi connectivity index (χ0v) is 10.6. The van der Waals surface area contributed by atoms with Gasteiger partial charge in [0.1, 0.15) is 5.75 Å². The minimum Gasteiger partial charge on any atom is -0.405 e. The highest BCUT2D eigenvalue weighted by molar-refractivity contribution is 5.40. The number of hydrogen-bond donors (Lipinski definition) is 0. The van der Waals surface area contributed by atoms with Crippen molar-refractivity contribution in [3.63, 3.8) is 0 Å². The number of nitro groups is 1. The van der Waals surface area contributed by atoms with Gasteiger partial charge >= 0.3 is 6.36 Å². The third-order valence-corrected chi connectivity index (χ3v) is 2.74. The van der Waals surface area contributed by atoms with Gasteiger partial charge in [-0.3, -0.25) is 10.1 Å². The molecule has 4 nitrogen and oxygen atoms in total. The summed E-state index contributed by atoms with van der Waals surface area (Å²) < 4.78 is 40.9. The third-order valence-electron chi connectivity index (χ3n) is 2.74. The van der Waals surface area contributed by atoms with E-state index in [0.717, 1.165) is 0 Å². The Bertz CT molecular complexity index is 639. The molecule has 7 heteroatoms. The molecule has 0 spiro atoms. The minimum absolute atomic E-state index is 0.0708. The number of alkyl halides is 3. The van der Waals surface area contributed by atoms with E-state index in [1.54, 1.807) is 6.07 Å². The maximum Gasteiger partial charge on any atom is 0.573 e. The second-order valence-electron chi connectivity index (χ2n) is 4.26. The van der Waals surface area contributed by atoms with Gasteiger partial charge in [-0.05, 0) is 17.2 Å². The van der Waals surface area contributed by atoms with Crippen molar-refractivity contribution in [2.45, 2.75) is 12.8 Å². The predicted molar refractivity (Wildman–Crippen MR) is 69.0 cm³/mol. The van der Waals surface area contributed by atoms with Gasteiger partial charge in [0, 0.05) is 18.6 Å². The van der Waals surface area contributed by atoms with Crippen molar-refractivity contribution in [2.24, 2.45) is 0 Å². The summed E-state index contributed by atoms with van der Waals surface area (Å²) in [4.78, 5) is 10.0. The molecule has 2 aromatic carbocycles. The van der Waals surface area contributed by atoms with Gasteiger partial charge in [0.15, 0.2) is 0 Å². The van der Waals surface area contributed by atoms with Crippen molar-refractivity contribution in [1.82, 2.24) is 0 Å². The van der Waals surface area contributed by atoms with Crippen LogP contribution in [0.4, 0.5) is 18.9 Å². The summed E-state index contributed by atoms with van der Waals surface area (Å²) in [6.07, 6.45) is -4.57. The van der Waals surface area contributed by atoms with E-state index in [4.69, 9.17) is 0 Å². The lowest BCUT2D eigenvalue weighted by Crippen LogP contribution is -2.18. The van der Waals surface area contributed by atoms with Gasteiger partial charge in [0.2, 0.25) is 0 Å². The predicted octanol–water partition coefficient (Wildman–Crippen LogP) is 4.08. The topological polar surface area (TPSA) is 52.4 Å². The SMILES string of the molecule is O=[N+]([O-])c1ccc(Cc2ccccc2OC(F)(F)F)cc1. The fourth-order valence-corrected chi connectivity index (χ4v) is 1.83. The number of nitro benzene ring substituents is 1. The Hall–Kier alpha value is -2.57. The van der Waals surface area contributed by atoms with Crippen LogP contribution in [0.2, 0.25) is 0 Å². The Labute approximate surface area is 117 Å². The Kier molecular flexibility index (Phi) is 4.11. The van der Waals surface area contributed by atoms with E-state index in [-0.39, 0.29) is 17.9 Å². The van der Waals surface area contributed by atoms with E-state index in [9.17, 15) is 23.3 Å². The van der Waals surface area contributed by atoms with E-state index in [0.29, 0.717) is 11.1 Å². The molecule has 0 aromatic heterocycles. The second kappa shape index (κ2) is 5.82. The molecule has 0 aliphatic carbocycles. The molecule has 0 N–H and O–H groups in total. The van der Waals surface area contributed by atoms with Crippen LogP contribution in [0.3, 0.4) is 0 Å². The molecule has 0 fully saturated rings. The molecule has 110 valence electrons. The Morgan fingerprint density at radius 3 is 2.24 bits per heavy atom. The van der Waals surface area contributed by atoms with E-state index >= 15 is 0 Å². The number of nitrogens with zero attached hydrogens (tertiary/aromatic N) is 1. The van der Waals surface area contributed by atoms with E-state index in [1.165, 1.54) is 42.5 Å². The van der Waals surface area contributed by atoms with Gasteiger partial charge in [0.25, 0.3) is 5.69 Å². The zero-order chi connectivity index (χ0) is 15.5. The van der Waals surface area contributed by atoms with Crippen molar-refractivity contribution in [3.8, 4) is 5.75 Å². The number of benzene rings is 2. The Morgan fingerprint density at radius 2 is 1.67 bits per heavy atom. The van der Waals surface area contributed by atoms with Crippen LogP contribution in [-0.2, 0) is 6.42 Å². The smallest absolute Gasteiger partial charge is 0.405 e. The number of non-ortho nitro benzene ring substituents is 1. The molecule has 21 heavy (non-hydrogen) atoms. The summed E-state index contributed by atoms with van der Waals surface area (Å²) in [6, 6.07) is 11.4. The lowest BCUT2D eigenvalue weighted by Gasteiger charge is -2.13. The molecule has 0 saturated heterocycles. The van der Waals surface area contributed by atoms with Crippen LogP contribution in [-0.4, -0.2) is 11.3 Å². The maximum absolute atomic E-state index is 12.3. The molecule has 0 aliphatic rings. The zero-order valence-electron chi connectivity index (χ0n) is 10.6. The largest absolute Gasteiger partial charge is 0.573 e. The first-order valence-electron chi connectivity index (χ1n) is 5.92. The molecule has 0 aliphatic heterocycles. The molecular formula is C14H10F3NO3. The molecule has 0 bridgehead atoms. The molecule has 0 radical (unpaired) electrons. The average Bonchev–Trinajstić information content (AvgIpc) is 2.40. The van der Waals surface area contributed by atoms with Gasteiger partial charge < -0.3 is 4.74 Å². The number of ether oxygens (including phenoxy) is 1. The molecule has 0 saturated carbocycles. The van der Waals surface area contributed by atoms with E-state index < -0.39 is 11.3 Å². The van der Waals surface area contributed by atoms with Crippen LogP contribution in [0.5, 0.6) is 5.75 Å².